The van der Waals surface area contributed by atoms with Gasteiger partial charge in [-0.05, 0) is 25.8 Å². The van der Waals surface area contributed by atoms with E-state index in [9.17, 15) is 0 Å². The molecule has 1 aliphatic rings. The zero-order chi connectivity index (χ0) is 8.72. The standard InChI is InChI=1S/C11H15N/c1-7-3-8(2)5-9(4-7)10-6-11(10)12/h3-5,10-11H,6,12H2,1-2H3/t10-,11+/m0/s1. The number of hydrogen-bond donors (Lipinski definition) is 1. The van der Waals surface area contributed by atoms with Gasteiger partial charge in [-0.1, -0.05) is 29.3 Å². The summed E-state index contributed by atoms with van der Waals surface area (Å²) in [6.07, 6.45) is 1.17. The van der Waals surface area contributed by atoms with Gasteiger partial charge < -0.3 is 5.73 Å². The van der Waals surface area contributed by atoms with Gasteiger partial charge in [-0.2, -0.15) is 0 Å². The van der Waals surface area contributed by atoms with E-state index in [2.05, 4.69) is 32.0 Å². The summed E-state index contributed by atoms with van der Waals surface area (Å²) in [5.74, 6) is 0.642. The van der Waals surface area contributed by atoms with Gasteiger partial charge in [-0.15, -0.1) is 0 Å². The van der Waals surface area contributed by atoms with E-state index < -0.39 is 0 Å². The van der Waals surface area contributed by atoms with Crippen molar-refractivity contribution in [2.75, 3.05) is 0 Å². The van der Waals surface area contributed by atoms with Crippen LogP contribution >= 0.6 is 0 Å². The number of rotatable bonds is 1. The maximum atomic E-state index is 5.80. The Kier molecular flexibility index (Phi) is 1.69. The Morgan fingerprint density at radius 3 is 2.08 bits per heavy atom. The first kappa shape index (κ1) is 7.81. The summed E-state index contributed by atoms with van der Waals surface area (Å²) in [4.78, 5) is 0. The lowest BCUT2D eigenvalue weighted by Gasteiger charge is -2.02. The molecule has 1 aromatic rings. The molecule has 1 saturated carbocycles. The summed E-state index contributed by atoms with van der Waals surface area (Å²) in [5, 5.41) is 0. The topological polar surface area (TPSA) is 26.0 Å². The molecule has 0 saturated heterocycles. The highest BCUT2D eigenvalue weighted by atomic mass is 14.7. The molecule has 12 heavy (non-hydrogen) atoms. The molecule has 1 heteroatoms. The third-order valence-corrected chi connectivity index (χ3v) is 2.51. The summed E-state index contributed by atoms with van der Waals surface area (Å²) in [5.41, 5.74) is 9.93. The normalized spacial score (nSPS) is 27.2. The molecular weight excluding hydrogens is 146 g/mol. The van der Waals surface area contributed by atoms with Crippen molar-refractivity contribution < 1.29 is 0 Å². The summed E-state index contributed by atoms with van der Waals surface area (Å²) >= 11 is 0. The van der Waals surface area contributed by atoms with Crippen LogP contribution in [0.15, 0.2) is 18.2 Å². The zero-order valence-corrected chi connectivity index (χ0v) is 7.67. The van der Waals surface area contributed by atoms with E-state index >= 15 is 0 Å². The fraction of sp³-hybridized carbons (Fsp3) is 0.455. The Bertz CT molecular complexity index is 284. The highest BCUT2D eigenvalue weighted by Gasteiger charge is 2.34. The Morgan fingerprint density at radius 2 is 1.67 bits per heavy atom. The van der Waals surface area contributed by atoms with Crippen LogP contribution in [0.3, 0.4) is 0 Å². The first-order valence-corrected chi connectivity index (χ1v) is 4.50. The van der Waals surface area contributed by atoms with Crippen LogP contribution in [0.25, 0.3) is 0 Å². The molecule has 0 radical (unpaired) electrons. The van der Waals surface area contributed by atoms with Gasteiger partial charge >= 0.3 is 0 Å². The van der Waals surface area contributed by atoms with Crippen LogP contribution in [-0.4, -0.2) is 6.04 Å². The Balaban J connectivity index is 2.32. The van der Waals surface area contributed by atoms with Crippen molar-refractivity contribution in [3.8, 4) is 0 Å². The van der Waals surface area contributed by atoms with Gasteiger partial charge in [0, 0.05) is 12.0 Å². The van der Waals surface area contributed by atoms with Gasteiger partial charge in [0.05, 0.1) is 0 Å². The number of aryl methyl sites for hydroxylation is 2. The highest BCUT2D eigenvalue weighted by molar-refractivity contribution is 5.35. The minimum absolute atomic E-state index is 0.422. The van der Waals surface area contributed by atoms with Crippen LogP contribution in [-0.2, 0) is 0 Å². The third kappa shape index (κ3) is 1.37. The predicted octanol–water partition coefficient (Wildman–Crippen LogP) is 2.12. The molecule has 1 nitrogen and oxygen atoms in total. The lowest BCUT2D eigenvalue weighted by molar-refractivity contribution is 0.986. The van der Waals surface area contributed by atoms with E-state index in [4.69, 9.17) is 5.73 Å². The predicted molar refractivity (Wildman–Crippen MR) is 51.2 cm³/mol. The van der Waals surface area contributed by atoms with E-state index in [1.165, 1.54) is 23.1 Å². The van der Waals surface area contributed by atoms with Crippen LogP contribution in [0, 0.1) is 13.8 Å². The summed E-state index contributed by atoms with van der Waals surface area (Å²) in [6, 6.07) is 7.14. The van der Waals surface area contributed by atoms with Crippen LogP contribution in [0.4, 0.5) is 0 Å². The molecule has 1 fully saturated rings. The molecule has 0 spiro atoms. The fourth-order valence-corrected chi connectivity index (χ4v) is 1.82. The quantitative estimate of drug-likeness (QED) is 0.670. The zero-order valence-electron chi connectivity index (χ0n) is 7.67. The minimum atomic E-state index is 0.422. The number of nitrogens with two attached hydrogens (primary N) is 1. The van der Waals surface area contributed by atoms with E-state index in [-0.39, 0.29) is 0 Å². The average molecular weight is 161 g/mol. The Hall–Kier alpha value is -0.820. The SMILES string of the molecule is Cc1cc(C)cc([C@@H]2C[C@H]2N)c1. The third-order valence-electron chi connectivity index (χ3n) is 2.51. The molecule has 0 aliphatic heterocycles. The maximum absolute atomic E-state index is 5.80. The first-order valence-electron chi connectivity index (χ1n) is 4.50. The smallest absolute Gasteiger partial charge is 0.0115 e. The van der Waals surface area contributed by atoms with Crippen LogP contribution in [0.1, 0.15) is 29.0 Å². The maximum Gasteiger partial charge on any atom is 0.0115 e. The van der Waals surface area contributed by atoms with Crippen molar-refractivity contribution in [3.05, 3.63) is 34.9 Å². The van der Waals surface area contributed by atoms with Crippen molar-refractivity contribution in [1.29, 1.82) is 0 Å². The molecule has 0 heterocycles. The summed E-state index contributed by atoms with van der Waals surface area (Å²) < 4.78 is 0. The second-order valence-electron chi connectivity index (χ2n) is 3.93. The number of hydrogen-bond acceptors (Lipinski definition) is 1. The molecule has 2 atom stereocenters. The van der Waals surface area contributed by atoms with Gasteiger partial charge in [0.15, 0.2) is 0 Å². The van der Waals surface area contributed by atoms with Crippen molar-refractivity contribution in [1.82, 2.24) is 0 Å². The summed E-state index contributed by atoms with van der Waals surface area (Å²) in [6.45, 7) is 4.29. The van der Waals surface area contributed by atoms with Crippen molar-refractivity contribution >= 4 is 0 Å². The van der Waals surface area contributed by atoms with E-state index in [1.807, 2.05) is 0 Å². The minimum Gasteiger partial charge on any atom is -0.327 e. The van der Waals surface area contributed by atoms with E-state index in [0.717, 1.165) is 0 Å². The first-order chi connectivity index (χ1) is 5.66. The van der Waals surface area contributed by atoms with Gasteiger partial charge in [0.2, 0.25) is 0 Å². The van der Waals surface area contributed by atoms with Crippen LogP contribution in [0.5, 0.6) is 0 Å². The van der Waals surface area contributed by atoms with Gasteiger partial charge in [0.25, 0.3) is 0 Å². The second-order valence-corrected chi connectivity index (χ2v) is 3.93. The van der Waals surface area contributed by atoms with Crippen molar-refractivity contribution in [2.45, 2.75) is 32.2 Å². The lowest BCUT2D eigenvalue weighted by Crippen LogP contribution is -2.01. The molecule has 1 aromatic carbocycles. The van der Waals surface area contributed by atoms with Crippen LogP contribution in [0.2, 0.25) is 0 Å². The molecule has 1 aliphatic carbocycles. The van der Waals surface area contributed by atoms with E-state index in [1.54, 1.807) is 0 Å². The Morgan fingerprint density at radius 1 is 1.17 bits per heavy atom. The second kappa shape index (κ2) is 2.60. The molecule has 64 valence electrons. The van der Waals surface area contributed by atoms with Gasteiger partial charge in [0.1, 0.15) is 0 Å². The summed E-state index contributed by atoms with van der Waals surface area (Å²) in [7, 11) is 0. The molecule has 0 aromatic heterocycles. The average Bonchev–Trinajstić information content (AvgIpc) is 2.64. The molecule has 2 rings (SSSR count). The van der Waals surface area contributed by atoms with Gasteiger partial charge in [-0.3, -0.25) is 0 Å². The molecule has 0 unspecified atom stereocenters. The monoisotopic (exact) mass is 161 g/mol. The van der Waals surface area contributed by atoms with Crippen molar-refractivity contribution in [2.24, 2.45) is 5.73 Å². The molecule has 0 amide bonds. The number of benzene rings is 1. The largest absolute Gasteiger partial charge is 0.327 e. The molecule has 2 N–H and O–H groups in total. The fourth-order valence-electron chi connectivity index (χ4n) is 1.82. The lowest BCUT2D eigenvalue weighted by atomic mass is 10.0. The molecular formula is C11H15N. The highest BCUT2D eigenvalue weighted by Crippen LogP contribution is 2.39. The molecule has 0 bridgehead atoms. The van der Waals surface area contributed by atoms with Gasteiger partial charge in [-0.25, -0.2) is 0 Å². The van der Waals surface area contributed by atoms with Crippen LogP contribution < -0.4 is 5.73 Å². The van der Waals surface area contributed by atoms with E-state index in [0.29, 0.717) is 12.0 Å². The van der Waals surface area contributed by atoms with Crippen molar-refractivity contribution in [3.63, 3.8) is 0 Å². The Labute approximate surface area is 73.6 Å².